The summed E-state index contributed by atoms with van der Waals surface area (Å²) >= 11 is 0. The Kier molecular flexibility index (Phi) is 14.4. The monoisotopic (exact) mass is 510 g/mol. The van der Waals surface area contributed by atoms with Gasteiger partial charge in [0.05, 0.1) is 14.1 Å². The molecule has 2 aromatic carbocycles. The van der Waals surface area contributed by atoms with Crippen LogP contribution in [0.5, 0.6) is 5.75 Å². The van der Waals surface area contributed by atoms with Crippen molar-refractivity contribution in [3.63, 3.8) is 0 Å². The van der Waals surface area contributed by atoms with Crippen molar-refractivity contribution < 1.29 is 18.8 Å². The van der Waals surface area contributed by atoms with E-state index in [9.17, 15) is 4.79 Å². The third kappa shape index (κ3) is 11.3. The van der Waals surface area contributed by atoms with Crippen LogP contribution >= 0.6 is 0 Å². The maximum Gasteiger partial charge on any atom is 0.368 e. The molecule has 0 spiro atoms. The highest BCUT2D eigenvalue weighted by Gasteiger charge is 2.36. The number of hydrogen-bond acceptors (Lipinski definition) is 3. The van der Waals surface area contributed by atoms with Crippen molar-refractivity contribution in [2.24, 2.45) is 0 Å². The molecule has 0 saturated carbocycles. The lowest BCUT2D eigenvalue weighted by Crippen LogP contribution is -2.53. The quantitative estimate of drug-likeness (QED) is 0.0823. The first-order valence-corrected chi connectivity index (χ1v) is 14.7. The number of carbonyl (C=O) groups is 1. The van der Waals surface area contributed by atoms with Gasteiger partial charge in [-0.25, -0.2) is 4.79 Å². The van der Waals surface area contributed by atoms with Crippen LogP contribution in [0.2, 0.25) is 0 Å². The fraction of sp³-hybridized carbons (Fsp3) is 0.606. The predicted octanol–water partition coefficient (Wildman–Crippen LogP) is 8.47. The molecule has 2 rings (SSSR count). The van der Waals surface area contributed by atoms with Crippen LogP contribution in [-0.2, 0) is 22.5 Å². The molecule has 4 heteroatoms. The van der Waals surface area contributed by atoms with Gasteiger partial charge in [0.1, 0.15) is 12.3 Å². The molecule has 2 aromatic rings. The average Bonchev–Trinajstić information content (AvgIpc) is 2.87. The van der Waals surface area contributed by atoms with Gasteiger partial charge in [-0.3, -0.25) is 0 Å². The predicted molar refractivity (Wildman–Crippen MR) is 155 cm³/mol. The average molecular weight is 511 g/mol. The summed E-state index contributed by atoms with van der Waals surface area (Å²) in [7, 11) is 4.22. The summed E-state index contributed by atoms with van der Waals surface area (Å²) in [6.07, 6.45) is 13.1. The Morgan fingerprint density at radius 1 is 0.784 bits per heavy atom. The van der Waals surface area contributed by atoms with E-state index in [1.807, 2.05) is 30.3 Å². The second kappa shape index (κ2) is 17.2. The lowest BCUT2D eigenvalue weighted by molar-refractivity contribution is -0.919. The van der Waals surface area contributed by atoms with E-state index >= 15 is 0 Å². The minimum Gasteiger partial charge on any atom is -0.454 e. The molecular weight excluding hydrogens is 458 g/mol. The minimum absolute atomic E-state index is 0.178. The summed E-state index contributed by atoms with van der Waals surface area (Å²) < 4.78 is 12.9. The molecule has 0 aliphatic rings. The highest BCUT2D eigenvalue weighted by atomic mass is 16.7. The Bertz CT molecular complexity index is 880. The number of benzene rings is 2. The van der Waals surface area contributed by atoms with Crippen molar-refractivity contribution >= 4 is 5.97 Å². The van der Waals surface area contributed by atoms with Crippen LogP contribution in [-0.4, -0.2) is 36.9 Å². The number of quaternary nitrogens is 1. The molecule has 0 amide bonds. The van der Waals surface area contributed by atoms with Crippen molar-refractivity contribution in [2.75, 3.05) is 14.1 Å². The van der Waals surface area contributed by atoms with Gasteiger partial charge in [-0.15, -0.1) is 0 Å². The molecule has 2 atom stereocenters. The van der Waals surface area contributed by atoms with Crippen molar-refractivity contribution in [1.82, 2.24) is 0 Å². The van der Waals surface area contributed by atoms with E-state index in [1.54, 1.807) is 0 Å². The number of nitrogens with zero attached hydrogens (tertiary/aromatic N) is 1. The summed E-state index contributed by atoms with van der Waals surface area (Å²) in [6.45, 7) is 7.20. The molecule has 0 fully saturated rings. The van der Waals surface area contributed by atoms with Crippen molar-refractivity contribution in [3.05, 3.63) is 65.7 Å². The minimum atomic E-state index is -0.567. The standard InChI is InChI=1S/C33H52NO3/c1-6-9-10-11-12-13-14-18-24-29-25-19-20-26-31(29)36-32(21-7-2)37-33(35)30(8-3)34(4,5)27-28-22-16-15-17-23-28/h15-17,19-20,22-23,25-26,30,32H,6-14,18,21,24,27H2,1-5H3/q+1. The maximum atomic E-state index is 13.4. The van der Waals surface area contributed by atoms with Gasteiger partial charge in [0, 0.05) is 18.4 Å². The molecular formula is C33H52NO3+. The Morgan fingerprint density at radius 3 is 2.05 bits per heavy atom. The van der Waals surface area contributed by atoms with Crippen LogP contribution in [0.4, 0.5) is 0 Å². The molecule has 0 aliphatic heterocycles. The molecule has 2 unspecified atom stereocenters. The van der Waals surface area contributed by atoms with Crippen molar-refractivity contribution in [1.29, 1.82) is 0 Å². The highest BCUT2D eigenvalue weighted by molar-refractivity contribution is 5.74. The van der Waals surface area contributed by atoms with Crippen molar-refractivity contribution in [2.45, 2.75) is 117 Å². The number of para-hydroxylation sites is 1. The molecule has 0 bridgehead atoms. The van der Waals surface area contributed by atoms with Crippen molar-refractivity contribution in [3.8, 4) is 5.75 Å². The molecule has 206 valence electrons. The van der Waals surface area contributed by atoms with Crippen LogP contribution in [0, 0.1) is 0 Å². The van der Waals surface area contributed by atoms with Gasteiger partial charge in [0.25, 0.3) is 0 Å². The van der Waals surface area contributed by atoms with Gasteiger partial charge in [-0.05, 0) is 30.9 Å². The number of rotatable bonds is 19. The van der Waals surface area contributed by atoms with Gasteiger partial charge in [0.2, 0.25) is 6.29 Å². The zero-order chi connectivity index (χ0) is 26.9. The van der Waals surface area contributed by atoms with E-state index in [4.69, 9.17) is 9.47 Å². The van der Waals surface area contributed by atoms with E-state index < -0.39 is 6.29 Å². The lowest BCUT2D eigenvalue weighted by atomic mass is 10.0. The summed E-state index contributed by atoms with van der Waals surface area (Å²) in [5.41, 5.74) is 2.42. The zero-order valence-electron chi connectivity index (χ0n) is 24.2. The topological polar surface area (TPSA) is 35.5 Å². The summed E-state index contributed by atoms with van der Waals surface area (Å²) in [6, 6.07) is 18.3. The number of likely N-dealkylation sites (N-methyl/N-ethyl adjacent to an activating group) is 1. The van der Waals surface area contributed by atoms with Gasteiger partial charge in [-0.1, -0.05) is 114 Å². The van der Waals surface area contributed by atoms with Crippen LogP contribution in [0.3, 0.4) is 0 Å². The normalized spacial score (nSPS) is 13.2. The van der Waals surface area contributed by atoms with E-state index in [0.29, 0.717) is 17.3 Å². The largest absolute Gasteiger partial charge is 0.454 e. The third-order valence-electron chi connectivity index (χ3n) is 7.24. The molecule has 0 N–H and O–H groups in total. The number of carbonyl (C=O) groups excluding carboxylic acids is 1. The third-order valence-corrected chi connectivity index (χ3v) is 7.24. The molecule has 0 heterocycles. The summed E-state index contributed by atoms with van der Waals surface area (Å²) in [4.78, 5) is 13.4. The zero-order valence-corrected chi connectivity index (χ0v) is 24.2. The highest BCUT2D eigenvalue weighted by Crippen LogP contribution is 2.25. The summed E-state index contributed by atoms with van der Waals surface area (Å²) in [5, 5.41) is 0. The SMILES string of the molecule is CCCCCCCCCCc1ccccc1OC(CCC)OC(=O)C(CC)[N+](C)(C)Cc1ccccc1. The second-order valence-corrected chi connectivity index (χ2v) is 11.0. The van der Waals surface area contributed by atoms with Gasteiger partial charge >= 0.3 is 5.97 Å². The second-order valence-electron chi connectivity index (χ2n) is 11.0. The number of unbranched alkanes of at least 4 members (excludes halogenated alkanes) is 7. The Labute approximate surface area is 227 Å². The number of hydrogen-bond donors (Lipinski definition) is 0. The number of aryl methyl sites for hydroxylation is 1. The lowest BCUT2D eigenvalue weighted by Gasteiger charge is -2.36. The van der Waals surface area contributed by atoms with Gasteiger partial charge < -0.3 is 14.0 Å². The Morgan fingerprint density at radius 2 is 1.41 bits per heavy atom. The first kappa shape index (κ1) is 30.9. The maximum absolute atomic E-state index is 13.4. The first-order valence-electron chi connectivity index (χ1n) is 14.7. The molecule has 0 radical (unpaired) electrons. The van der Waals surface area contributed by atoms with Gasteiger partial charge in [-0.2, -0.15) is 0 Å². The number of ether oxygens (including phenoxy) is 2. The van der Waals surface area contributed by atoms with E-state index in [0.717, 1.165) is 31.6 Å². The van der Waals surface area contributed by atoms with Crippen LogP contribution in [0.1, 0.15) is 103 Å². The van der Waals surface area contributed by atoms with Crippen LogP contribution in [0.15, 0.2) is 54.6 Å². The molecule has 0 aliphatic carbocycles. The van der Waals surface area contributed by atoms with E-state index in [1.165, 1.54) is 56.1 Å². The Balaban J connectivity index is 1.96. The van der Waals surface area contributed by atoms with Gasteiger partial charge in [0.15, 0.2) is 6.04 Å². The molecule has 4 nitrogen and oxygen atoms in total. The van der Waals surface area contributed by atoms with E-state index in [-0.39, 0.29) is 12.0 Å². The molecule has 0 saturated heterocycles. The first-order chi connectivity index (χ1) is 17.9. The molecule has 0 aromatic heterocycles. The fourth-order valence-corrected chi connectivity index (χ4v) is 5.11. The number of esters is 1. The van der Waals surface area contributed by atoms with E-state index in [2.05, 4.69) is 59.1 Å². The fourth-order valence-electron chi connectivity index (χ4n) is 5.11. The van der Waals surface area contributed by atoms with Crippen LogP contribution < -0.4 is 4.74 Å². The molecule has 37 heavy (non-hydrogen) atoms. The van der Waals surface area contributed by atoms with Crippen LogP contribution in [0.25, 0.3) is 0 Å². The summed E-state index contributed by atoms with van der Waals surface area (Å²) in [5.74, 6) is 0.671. The Hall–Kier alpha value is -2.33. The smallest absolute Gasteiger partial charge is 0.368 e.